The lowest BCUT2D eigenvalue weighted by atomic mass is 9.77. The van der Waals surface area contributed by atoms with Crippen molar-refractivity contribution >= 4 is 11.6 Å². The molecule has 2 aromatic carbocycles. The highest BCUT2D eigenvalue weighted by molar-refractivity contribution is 5.84. The van der Waals surface area contributed by atoms with Crippen molar-refractivity contribution in [2.45, 2.75) is 77.0 Å². The number of halogens is 4. The van der Waals surface area contributed by atoms with Crippen LogP contribution in [0.2, 0.25) is 0 Å². The Bertz CT molecular complexity index is 951. The minimum atomic E-state index is -4.90. The maximum Gasteiger partial charge on any atom is 0.573 e. The first-order valence-corrected chi connectivity index (χ1v) is 11.7. The molecular weight excluding hydrogens is 416 g/mol. The molecule has 172 valence electrons. The molecule has 5 heteroatoms. The Morgan fingerprint density at radius 1 is 0.938 bits per heavy atom. The molecule has 0 unspecified atom stereocenters. The predicted octanol–water partition coefficient (Wildman–Crippen LogP) is 8.68. The fourth-order valence-electron chi connectivity index (χ4n) is 5.20. The maximum atomic E-state index is 14.5. The molecule has 1 saturated carbocycles. The summed E-state index contributed by atoms with van der Waals surface area (Å²) in [7, 11) is 0. The molecule has 0 N–H and O–H groups in total. The summed E-state index contributed by atoms with van der Waals surface area (Å²) >= 11 is 0. The first-order valence-electron chi connectivity index (χ1n) is 11.7. The van der Waals surface area contributed by atoms with Gasteiger partial charge in [-0.1, -0.05) is 62.6 Å². The molecule has 0 aliphatic heterocycles. The van der Waals surface area contributed by atoms with Gasteiger partial charge in [-0.2, -0.15) is 0 Å². The standard InChI is InChI=1S/C27H30F4O/c1-2-3-4-18-5-7-19(8-6-18)20-9-11-21(12-10-20)22-13-15-24-23(17-22)14-16-25(26(24)28)32-27(29,30)31/h9-12,14,16-19H,2-8,13,15H2,1H3. The van der Waals surface area contributed by atoms with Crippen molar-refractivity contribution in [1.29, 1.82) is 0 Å². The van der Waals surface area contributed by atoms with E-state index in [1.54, 1.807) is 0 Å². The molecule has 2 aliphatic rings. The van der Waals surface area contributed by atoms with Gasteiger partial charge in [0.1, 0.15) is 0 Å². The van der Waals surface area contributed by atoms with Gasteiger partial charge in [-0.3, -0.25) is 0 Å². The smallest absolute Gasteiger partial charge is 0.403 e. The highest BCUT2D eigenvalue weighted by atomic mass is 19.4. The Balaban J connectivity index is 1.44. The van der Waals surface area contributed by atoms with Gasteiger partial charge < -0.3 is 4.74 Å². The lowest BCUT2D eigenvalue weighted by Crippen LogP contribution is -2.18. The topological polar surface area (TPSA) is 9.23 Å². The van der Waals surface area contributed by atoms with Crippen molar-refractivity contribution in [3.8, 4) is 5.75 Å². The molecule has 2 aliphatic carbocycles. The van der Waals surface area contributed by atoms with Crippen LogP contribution in [0.3, 0.4) is 0 Å². The van der Waals surface area contributed by atoms with Crippen LogP contribution in [0.5, 0.6) is 5.75 Å². The highest BCUT2D eigenvalue weighted by Crippen LogP contribution is 2.39. The molecule has 1 nitrogen and oxygen atoms in total. The summed E-state index contributed by atoms with van der Waals surface area (Å²) < 4.78 is 55.7. The summed E-state index contributed by atoms with van der Waals surface area (Å²) in [6.45, 7) is 2.25. The second-order valence-electron chi connectivity index (χ2n) is 9.14. The first-order chi connectivity index (χ1) is 15.3. The first kappa shape index (κ1) is 22.9. The van der Waals surface area contributed by atoms with Gasteiger partial charge in [-0.15, -0.1) is 13.2 Å². The van der Waals surface area contributed by atoms with Crippen molar-refractivity contribution in [3.05, 3.63) is 64.5 Å². The number of hydrogen-bond donors (Lipinski definition) is 0. The van der Waals surface area contributed by atoms with E-state index in [0.29, 0.717) is 24.3 Å². The molecule has 0 aromatic heterocycles. The second-order valence-corrected chi connectivity index (χ2v) is 9.14. The molecule has 4 rings (SSSR count). The van der Waals surface area contributed by atoms with Crippen molar-refractivity contribution in [2.75, 3.05) is 0 Å². The zero-order valence-corrected chi connectivity index (χ0v) is 18.5. The van der Waals surface area contributed by atoms with E-state index in [1.165, 1.54) is 56.6 Å². The van der Waals surface area contributed by atoms with Gasteiger partial charge >= 0.3 is 6.36 Å². The van der Waals surface area contributed by atoms with E-state index in [4.69, 9.17) is 0 Å². The number of fused-ring (bicyclic) bond motifs is 1. The van der Waals surface area contributed by atoms with Gasteiger partial charge in [0, 0.05) is 0 Å². The van der Waals surface area contributed by atoms with Crippen molar-refractivity contribution in [2.24, 2.45) is 5.92 Å². The maximum absolute atomic E-state index is 14.5. The van der Waals surface area contributed by atoms with Crippen LogP contribution in [0, 0.1) is 11.7 Å². The molecule has 2 aromatic rings. The highest BCUT2D eigenvalue weighted by Gasteiger charge is 2.33. The molecule has 0 spiro atoms. The van der Waals surface area contributed by atoms with Gasteiger partial charge in [0.25, 0.3) is 0 Å². The average molecular weight is 447 g/mol. The average Bonchev–Trinajstić information content (AvgIpc) is 2.79. The summed E-state index contributed by atoms with van der Waals surface area (Å²) in [5.74, 6) is -0.161. The molecule has 0 radical (unpaired) electrons. The SMILES string of the molecule is CCCCC1CCC(c2ccc(C3=Cc4ccc(OC(F)(F)F)c(F)c4CC3)cc2)CC1. The van der Waals surface area contributed by atoms with Crippen LogP contribution in [0.25, 0.3) is 11.6 Å². The summed E-state index contributed by atoms with van der Waals surface area (Å²) in [6.07, 6.45) is 7.04. The van der Waals surface area contributed by atoms with Crippen molar-refractivity contribution in [1.82, 2.24) is 0 Å². The van der Waals surface area contributed by atoms with E-state index in [-0.39, 0.29) is 5.56 Å². The van der Waals surface area contributed by atoms with E-state index in [2.05, 4.69) is 35.9 Å². The third kappa shape index (κ3) is 5.36. The summed E-state index contributed by atoms with van der Waals surface area (Å²) in [6, 6.07) is 11.2. The van der Waals surface area contributed by atoms with E-state index >= 15 is 0 Å². The van der Waals surface area contributed by atoms with E-state index < -0.39 is 17.9 Å². The number of alkyl halides is 3. The van der Waals surface area contributed by atoms with Crippen LogP contribution >= 0.6 is 0 Å². The van der Waals surface area contributed by atoms with Crippen LogP contribution < -0.4 is 4.74 Å². The van der Waals surface area contributed by atoms with Crippen molar-refractivity contribution in [3.63, 3.8) is 0 Å². The van der Waals surface area contributed by atoms with Crippen LogP contribution in [0.4, 0.5) is 17.6 Å². The van der Waals surface area contributed by atoms with E-state index in [1.807, 2.05) is 6.08 Å². The molecule has 0 bridgehead atoms. The van der Waals surface area contributed by atoms with Gasteiger partial charge in [0.05, 0.1) is 0 Å². The molecule has 1 fully saturated rings. The molecular formula is C27H30F4O. The van der Waals surface area contributed by atoms with Gasteiger partial charge in [0.2, 0.25) is 0 Å². The number of ether oxygens (including phenoxy) is 1. The Morgan fingerprint density at radius 3 is 2.31 bits per heavy atom. The Kier molecular flexibility index (Phi) is 6.92. The largest absolute Gasteiger partial charge is 0.573 e. The van der Waals surface area contributed by atoms with Crippen LogP contribution in [-0.2, 0) is 6.42 Å². The van der Waals surface area contributed by atoms with E-state index in [0.717, 1.165) is 23.1 Å². The number of benzene rings is 2. The Labute approximate surface area is 187 Å². The molecule has 0 heterocycles. The number of rotatable bonds is 6. The third-order valence-electron chi connectivity index (χ3n) is 7.01. The number of hydrogen-bond acceptors (Lipinski definition) is 1. The molecule has 32 heavy (non-hydrogen) atoms. The van der Waals surface area contributed by atoms with Gasteiger partial charge in [-0.25, -0.2) is 4.39 Å². The van der Waals surface area contributed by atoms with Crippen LogP contribution in [0.15, 0.2) is 36.4 Å². The van der Waals surface area contributed by atoms with Crippen LogP contribution in [-0.4, -0.2) is 6.36 Å². The Morgan fingerprint density at radius 2 is 1.66 bits per heavy atom. The second kappa shape index (κ2) is 9.68. The summed E-state index contributed by atoms with van der Waals surface area (Å²) in [4.78, 5) is 0. The predicted molar refractivity (Wildman–Crippen MR) is 120 cm³/mol. The van der Waals surface area contributed by atoms with Crippen LogP contribution in [0.1, 0.15) is 86.5 Å². The monoisotopic (exact) mass is 446 g/mol. The number of allylic oxidation sites excluding steroid dienone is 1. The third-order valence-corrected chi connectivity index (χ3v) is 7.01. The van der Waals surface area contributed by atoms with E-state index in [9.17, 15) is 17.6 Å². The van der Waals surface area contributed by atoms with Gasteiger partial charge in [-0.05, 0) is 84.3 Å². The lowest BCUT2D eigenvalue weighted by molar-refractivity contribution is -0.275. The molecule has 0 saturated heterocycles. The minimum absolute atomic E-state index is 0.284. The lowest BCUT2D eigenvalue weighted by Gasteiger charge is -2.29. The minimum Gasteiger partial charge on any atom is -0.403 e. The fourth-order valence-corrected chi connectivity index (χ4v) is 5.20. The van der Waals surface area contributed by atoms with Crippen molar-refractivity contribution < 1.29 is 22.3 Å². The zero-order valence-electron chi connectivity index (χ0n) is 18.5. The Hall–Kier alpha value is -2.30. The molecule has 0 amide bonds. The quantitative estimate of drug-likeness (QED) is 0.403. The normalized spacial score (nSPS) is 21.1. The van der Waals surface area contributed by atoms with Gasteiger partial charge in [0.15, 0.2) is 11.6 Å². The molecule has 0 atom stereocenters. The zero-order chi connectivity index (χ0) is 22.7. The number of unbranched alkanes of at least 4 members (excludes halogenated alkanes) is 1. The summed E-state index contributed by atoms with van der Waals surface area (Å²) in [5.41, 5.74) is 4.46. The fraction of sp³-hybridized carbons (Fsp3) is 0.481. The summed E-state index contributed by atoms with van der Waals surface area (Å²) in [5, 5.41) is 0.